The first kappa shape index (κ1) is 8.36. The third-order valence-corrected chi connectivity index (χ3v) is 4.35. The fourth-order valence-electron chi connectivity index (χ4n) is 0.985. The van der Waals surface area contributed by atoms with Crippen molar-refractivity contribution in [1.29, 1.82) is 0 Å². The van der Waals surface area contributed by atoms with E-state index in [1.807, 2.05) is 6.92 Å². The van der Waals surface area contributed by atoms with Crippen molar-refractivity contribution in [2.45, 2.75) is 23.8 Å². The molecule has 1 rings (SSSR count). The van der Waals surface area contributed by atoms with Crippen LogP contribution in [0.1, 0.15) is 13.3 Å². The Kier molecular flexibility index (Phi) is 2.27. The van der Waals surface area contributed by atoms with Gasteiger partial charge in [0.1, 0.15) is 0 Å². The summed E-state index contributed by atoms with van der Waals surface area (Å²) >= 11 is 1.59. The van der Waals surface area contributed by atoms with Crippen molar-refractivity contribution in [1.82, 2.24) is 0 Å². The number of rotatable bonds is 1. The van der Waals surface area contributed by atoms with Crippen molar-refractivity contribution >= 4 is 21.9 Å². The lowest BCUT2D eigenvalue weighted by molar-refractivity contribution is 0.469. The summed E-state index contributed by atoms with van der Waals surface area (Å²) in [4.78, 5) is 0. The molecule has 0 radical (unpaired) electrons. The first-order valence-corrected chi connectivity index (χ1v) is 5.63. The molecular formula is C5H10O3S2. The topological polar surface area (TPSA) is 54.4 Å². The Morgan fingerprint density at radius 3 is 2.40 bits per heavy atom. The summed E-state index contributed by atoms with van der Waals surface area (Å²) in [5, 5.41) is -0.153. The van der Waals surface area contributed by atoms with E-state index in [-0.39, 0.29) is 0 Å². The minimum Gasteiger partial charge on any atom is -0.285 e. The van der Waals surface area contributed by atoms with E-state index in [0.717, 1.165) is 0 Å². The van der Waals surface area contributed by atoms with Crippen molar-refractivity contribution in [2.24, 2.45) is 0 Å². The second-order valence-electron chi connectivity index (χ2n) is 2.52. The van der Waals surface area contributed by atoms with Crippen LogP contribution in [0.2, 0.25) is 0 Å². The summed E-state index contributed by atoms with van der Waals surface area (Å²) < 4.78 is 29.6. The molecule has 0 aromatic heterocycles. The molecule has 10 heavy (non-hydrogen) atoms. The lowest BCUT2D eigenvalue weighted by Crippen LogP contribution is -2.19. The third-order valence-electron chi connectivity index (χ3n) is 1.58. The van der Waals surface area contributed by atoms with E-state index in [1.54, 1.807) is 11.8 Å². The van der Waals surface area contributed by atoms with Gasteiger partial charge in [-0.1, -0.05) is 6.92 Å². The molecule has 0 amide bonds. The van der Waals surface area contributed by atoms with Crippen LogP contribution in [0.15, 0.2) is 0 Å². The second-order valence-corrected chi connectivity index (χ2v) is 5.68. The maximum atomic E-state index is 10.5. The fourth-order valence-corrected chi connectivity index (χ4v) is 3.61. The van der Waals surface area contributed by atoms with Gasteiger partial charge in [0.2, 0.25) is 0 Å². The largest absolute Gasteiger partial charge is 0.285 e. The summed E-state index contributed by atoms with van der Waals surface area (Å²) in [6.07, 6.45) is 0.587. The van der Waals surface area contributed by atoms with Crippen LogP contribution in [0.3, 0.4) is 0 Å². The van der Waals surface area contributed by atoms with E-state index in [0.29, 0.717) is 17.4 Å². The zero-order valence-corrected chi connectivity index (χ0v) is 7.28. The highest BCUT2D eigenvalue weighted by Gasteiger charge is 2.31. The molecule has 0 saturated carbocycles. The van der Waals surface area contributed by atoms with Crippen LogP contribution in [-0.4, -0.2) is 29.2 Å². The molecule has 3 nitrogen and oxygen atoms in total. The highest BCUT2D eigenvalue weighted by Crippen LogP contribution is 2.29. The molecule has 1 aliphatic heterocycles. The standard InChI is InChI=1S/C5H10O3S2/c1-4-2-5(3-9-4)10(6,7)8/h4-5H,2-3H2,1H3,(H,6,7,8). The molecule has 0 aliphatic carbocycles. The quantitative estimate of drug-likeness (QED) is 0.608. The molecule has 1 N–H and O–H groups in total. The summed E-state index contributed by atoms with van der Waals surface area (Å²) in [5.41, 5.74) is 0. The van der Waals surface area contributed by atoms with Crippen LogP contribution >= 0.6 is 11.8 Å². The van der Waals surface area contributed by atoms with Crippen LogP contribution in [0.4, 0.5) is 0 Å². The lowest BCUT2D eigenvalue weighted by atomic mass is 10.3. The van der Waals surface area contributed by atoms with Crippen molar-refractivity contribution in [3.8, 4) is 0 Å². The van der Waals surface area contributed by atoms with Crippen molar-refractivity contribution in [3.05, 3.63) is 0 Å². The number of hydrogen-bond donors (Lipinski definition) is 1. The van der Waals surface area contributed by atoms with Gasteiger partial charge in [-0.2, -0.15) is 20.2 Å². The van der Waals surface area contributed by atoms with E-state index in [1.165, 1.54) is 0 Å². The van der Waals surface area contributed by atoms with Gasteiger partial charge in [-0.15, -0.1) is 0 Å². The fraction of sp³-hybridized carbons (Fsp3) is 1.00. The van der Waals surface area contributed by atoms with Crippen LogP contribution in [0.5, 0.6) is 0 Å². The molecule has 0 aromatic rings. The highest BCUT2D eigenvalue weighted by atomic mass is 32.2. The Balaban J connectivity index is 2.62. The maximum absolute atomic E-state index is 10.5. The maximum Gasteiger partial charge on any atom is 0.268 e. The van der Waals surface area contributed by atoms with Gasteiger partial charge in [0, 0.05) is 11.0 Å². The Bertz CT molecular complexity index is 209. The van der Waals surface area contributed by atoms with Gasteiger partial charge in [-0.25, -0.2) is 0 Å². The van der Waals surface area contributed by atoms with E-state index in [4.69, 9.17) is 4.55 Å². The van der Waals surface area contributed by atoms with Gasteiger partial charge in [-0.3, -0.25) is 4.55 Å². The van der Waals surface area contributed by atoms with Crippen LogP contribution in [-0.2, 0) is 10.1 Å². The van der Waals surface area contributed by atoms with Crippen molar-refractivity contribution in [3.63, 3.8) is 0 Å². The van der Waals surface area contributed by atoms with E-state index < -0.39 is 15.4 Å². The van der Waals surface area contributed by atoms with E-state index >= 15 is 0 Å². The van der Waals surface area contributed by atoms with Crippen LogP contribution in [0, 0.1) is 0 Å². The van der Waals surface area contributed by atoms with Crippen LogP contribution in [0.25, 0.3) is 0 Å². The number of thioether (sulfide) groups is 1. The molecule has 0 aromatic carbocycles. The van der Waals surface area contributed by atoms with Crippen LogP contribution < -0.4 is 0 Å². The Morgan fingerprint density at radius 2 is 2.20 bits per heavy atom. The molecule has 2 unspecified atom stereocenters. The molecular weight excluding hydrogens is 172 g/mol. The average molecular weight is 182 g/mol. The summed E-state index contributed by atoms with van der Waals surface area (Å²) in [6, 6.07) is 0. The lowest BCUT2D eigenvalue weighted by Gasteiger charge is -2.01. The smallest absolute Gasteiger partial charge is 0.268 e. The second kappa shape index (κ2) is 2.71. The predicted molar refractivity (Wildman–Crippen MR) is 41.9 cm³/mol. The summed E-state index contributed by atoms with van der Waals surface area (Å²) in [5.74, 6) is 0.542. The van der Waals surface area contributed by atoms with Crippen molar-refractivity contribution < 1.29 is 13.0 Å². The summed E-state index contributed by atoms with van der Waals surface area (Å²) in [6.45, 7) is 1.97. The zero-order chi connectivity index (χ0) is 7.78. The molecule has 0 bridgehead atoms. The molecule has 2 atom stereocenters. The van der Waals surface area contributed by atoms with Gasteiger partial charge >= 0.3 is 0 Å². The molecule has 1 heterocycles. The molecule has 5 heteroatoms. The monoisotopic (exact) mass is 182 g/mol. The van der Waals surface area contributed by atoms with Gasteiger partial charge in [0.05, 0.1) is 5.25 Å². The number of hydrogen-bond acceptors (Lipinski definition) is 3. The van der Waals surface area contributed by atoms with Gasteiger partial charge in [0.15, 0.2) is 0 Å². The van der Waals surface area contributed by atoms with E-state index in [9.17, 15) is 8.42 Å². The Hall–Kier alpha value is 0.260. The predicted octanol–water partition coefficient (Wildman–Crippen LogP) is 0.768. The van der Waals surface area contributed by atoms with Crippen molar-refractivity contribution in [2.75, 3.05) is 5.75 Å². The summed E-state index contributed by atoms with van der Waals surface area (Å²) in [7, 11) is -3.76. The third kappa shape index (κ3) is 1.87. The Morgan fingerprint density at radius 1 is 1.60 bits per heavy atom. The normalized spacial score (nSPS) is 34.6. The highest BCUT2D eigenvalue weighted by molar-refractivity contribution is 8.01. The Labute approximate surface area is 64.9 Å². The molecule has 1 aliphatic rings. The van der Waals surface area contributed by atoms with Gasteiger partial charge < -0.3 is 0 Å². The van der Waals surface area contributed by atoms with E-state index in [2.05, 4.69) is 0 Å². The first-order valence-electron chi connectivity index (χ1n) is 3.08. The average Bonchev–Trinajstić information content (AvgIpc) is 2.11. The van der Waals surface area contributed by atoms with Gasteiger partial charge in [-0.05, 0) is 6.42 Å². The first-order chi connectivity index (χ1) is 4.50. The molecule has 0 spiro atoms. The van der Waals surface area contributed by atoms with Gasteiger partial charge in [0.25, 0.3) is 10.1 Å². The SMILES string of the molecule is CC1CC(S(=O)(=O)O)CS1. The molecule has 1 saturated heterocycles. The molecule has 60 valence electrons. The minimum absolute atomic E-state index is 0.368. The zero-order valence-electron chi connectivity index (χ0n) is 5.65. The minimum atomic E-state index is -3.76. The molecule has 1 fully saturated rings.